The van der Waals surface area contributed by atoms with Gasteiger partial charge in [0, 0.05) is 11.3 Å². The van der Waals surface area contributed by atoms with E-state index in [-0.39, 0.29) is 22.2 Å². The molecule has 2 N–H and O–H groups in total. The zero-order chi connectivity index (χ0) is 21.9. The zero-order valence-electron chi connectivity index (χ0n) is 16.7. The van der Waals surface area contributed by atoms with Crippen LogP contribution in [-0.4, -0.2) is 21.4 Å². The predicted molar refractivity (Wildman–Crippen MR) is 114 cm³/mol. The Labute approximate surface area is 174 Å². The predicted octanol–water partition coefficient (Wildman–Crippen LogP) is 4.50. The maximum absolute atomic E-state index is 13.1. The van der Waals surface area contributed by atoms with Crippen LogP contribution in [0, 0.1) is 19.7 Å². The fraction of sp³-hybridized carbons (Fsp3) is 0.136. The second-order valence-electron chi connectivity index (χ2n) is 6.75. The molecule has 3 rings (SSSR count). The molecule has 3 aromatic carbocycles. The lowest BCUT2D eigenvalue weighted by molar-refractivity contribution is 0.102. The molecule has 0 bridgehead atoms. The molecule has 6 nitrogen and oxygen atoms in total. The Morgan fingerprint density at radius 3 is 2.30 bits per heavy atom. The number of nitrogens with one attached hydrogen (secondary N) is 2. The van der Waals surface area contributed by atoms with Crippen LogP contribution in [0.2, 0.25) is 0 Å². The Kier molecular flexibility index (Phi) is 6.07. The average molecular weight is 428 g/mol. The van der Waals surface area contributed by atoms with Gasteiger partial charge in [-0.3, -0.25) is 9.52 Å². The van der Waals surface area contributed by atoms with E-state index in [1.54, 1.807) is 18.2 Å². The summed E-state index contributed by atoms with van der Waals surface area (Å²) >= 11 is 0. The van der Waals surface area contributed by atoms with Crippen LogP contribution in [0.5, 0.6) is 5.75 Å². The fourth-order valence-electron chi connectivity index (χ4n) is 2.95. The van der Waals surface area contributed by atoms with Gasteiger partial charge in [0.25, 0.3) is 15.9 Å². The molecule has 3 aromatic rings. The molecule has 0 unspecified atom stereocenters. The SMILES string of the molecule is COc1ccc(NC(=O)c2ccc(C)cc2C)cc1NS(=O)(=O)c1ccc(F)cc1. The molecule has 0 saturated heterocycles. The third-order valence-corrected chi connectivity index (χ3v) is 5.83. The third-order valence-electron chi connectivity index (χ3n) is 4.45. The fourth-order valence-corrected chi connectivity index (χ4v) is 4.01. The summed E-state index contributed by atoms with van der Waals surface area (Å²) in [5, 5.41) is 2.76. The maximum atomic E-state index is 13.1. The number of benzene rings is 3. The van der Waals surface area contributed by atoms with Crippen molar-refractivity contribution in [2.75, 3.05) is 17.1 Å². The first-order valence-electron chi connectivity index (χ1n) is 9.04. The first kappa shape index (κ1) is 21.3. The van der Waals surface area contributed by atoms with Crippen LogP contribution >= 0.6 is 0 Å². The highest BCUT2D eigenvalue weighted by atomic mass is 32.2. The number of anilines is 2. The normalized spacial score (nSPS) is 11.1. The number of ether oxygens (including phenoxy) is 1. The molecule has 8 heteroatoms. The van der Waals surface area contributed by atoms with Gasteiger partial charge < -0.3 is 10.1 Å². The minimum Gasteiger partial charge on any atom is -0.495 e. The minimum atomic E-state index is -3.98. The number of methoxy groups -OCH3 is 1. The first-order chi connectivity index (χ1) is 14.2. The van der Waals surface area contributed by atoms with Gasteiger partial charge in [0.1, 0.15) is 11.6 Å². The number of sulfonamides is 1. The van der Waals surface area contributed by atoms with E-state index in [0.717, 1.165) is 35.4 Å². The number of rotatable bonds is 6. The molecule has 0 saturated carbocycles. The van der Waals surface area contributed by atoms with Gasteiger partial charge in [-0.15, -0.1) is 0 Å². The number of carbonyl (C=O) groups excluding carboxylic acids is 1. The van der Waals surface area contributed by atoms with Crippen LogP contribution in [0.1, 0.15) is 21.5 Å². The summed E-state index contributed by atoms with van der Waals surface area (Å²) in [4.78, 5) is 12.5. The summed E-state index contributed by atoms with van der Waals surface area (Å²) in [6.07, 6.45) is 0. The quantitative estimate of drug-likeness (QED) is 0.605. The molecule has 30 heavy (non-hydrogen) atoms. The Morgan fingerprint density at radius 1 is 0.967 bits per heavy atom. The summed E-state index contributed by atoms with van der Waals surface area (Å²) in [6, 6.07) is 14.5. The van der Waals surface area contributed by atoms with Gasteiger partial charge in [-0.2, -0.15) is 0 Å². The summed E-state index contributed by atoms with van der Waals surface area (Å²) in [6.45, 7) is 3.79. The van der Waals surface area contributed by atoms with E-state index < -0.39 is 15.8 Å². The molecular weight excluding hydrogens is 407 g/mol. The average Bonchev–Trinajstić information content (AvgIpc) is 2.68. The molecular formula is C22H21FN2O4S. The van der Waals surface area contributed by atoms with Gasteiger partial charge in [0.2, 0.25) is 0 Å². The van der Waals surface area contributed by atoms with Crippen LogP contribution in [0.4, 0.5) is 15.8 Å². The Hall–Kier alpha value is -3.39. The smallest absolute Gasteiger partial charge is 0.262 e. The molecule has 0 spiro atoms. The van der Waals surface area contributed by atoms with Crippen LogP contribution < -0.4 is 14.8 Å². The van der Waals surface area contributed by atoms with Crippen molar-refractivity contribution in [1.29, 1.82) is 0 Å². The standard InChI is InChI=1S/C22H21FN2O4S/c1-14-4-10-19(15(2)12-14)22(26)24-17-7-11-21(29-3)20(13-17)25-30(27,28)18-8-5-16(23)6-9-18/h4-13,25H,1-3H3,(H,24,26). The minimum absolute atomic E-state index is 0.101. The van der Waals surface area contributed by atoms with E-state index in [9.17, 15) is 17.6 Å². The zero-order valence-corrected chi connectivity index (χ0v) is 17.5. The molecule has 0 radical (unpaired) electrons. The van der Waals surface area contributed by atoms with Crippen molar-refractivity contribution in [3.05, 3.63) is 83.2 Å². The Bertz CT molecular complexity index is 1190. The van der Waals surface area contributed by atoms with E-state index in [1.165, 1.54) is 13.2 Å². The summed E-state index contributed by atoms with van der Waals surface area (Å²) in [5.74, 6) is -0.585. The first-order valence-corrected chi connectivity index (χ1v) is 10.5. The van der Waals surface area contributed by atoms with Crippen LogP contribution in [0.15, 0.2) is 65.6 Å². The second-order valence-corrected chi connectivity index (χ2v) is 8.43. The van der Waals surface area contributed by atoms with E-state index in [2.05, 4.69) is 10.0 Å². The van der Waals surface area contributed by atoms with Crippen molar-refractivity contribution in [3.8, 4) is 5.75 Å². The van der Waals surface area contributed by atoms with Crippen molar-refractivity contribution in [3.63, 3.8) is 0 Å². The van der Waals surface area contributed by atoms with Gasteiger partial charge in [0.15, 0.2) is 0 Å². The lowest BCUT2D eigenvalue weighted by Gasteiger charge is -2.14. The van der Waals surface area contributed by atoms with Crippen LogP contribution in [0.3, 0.4) is 0 Å². The molecule has 0 aliphatic rings. The van der Waals surface area contributed by atoms with Gasteiger partial charge in [-0.05, 0) is 67.9 Å². The summed E-state index contributed by atoms with van der Waals surface area (Å²) in [5.41, 5.74) is 2.92. The molecule has 0 aliphatic carbocycles. The lowest BCUT2D eigenvalue weighted by Crippen LogP contribution is -2.16. The maximum Gasteiger partial charge on any atom is 0.262 e. The molecule has 0 heterocycles. The summed E-state index contributed by atoms with van der Waals surface area (Å²) < 4.78 is 46.0. The van der Waals surface area contributed by atoms with Gasteiger partial charge >= 0.3 is 0 Å². The summed E-state index contributed by atoms with van der Waals surface area (Å²) in [7, 11) is -2.58. The van der Waals surface area contributed by atoms with Gasteiger partial charge in [-0.25, -0.2) is 12.8 Å². The number of amides is 1. The molecule has 0 fully saturated rings. The van der Waals surface area contributed by atoms with Crippen molar-refractivity contribution in [2.45, 2.75) is 18.7 Å². The number of halogens is 1. The number of carbonyl (C=O) groups is 1. The molecule has 0 atom stereocenters. The van der Waals surface area contributed by atoms with E-state index >= 15 is 0 Å². The highest BCUT2D eigenvalue weighted by Crippen LogP contribution is 2.30. The van der Waals surface area contributed by atoms with E-state index in [1.807, 2.05) is 26.0 Å². The van der Waals surface area contributed by atoms with Crippen molar-refractivity contribution < 1.29 is 22.3 Å². The van der Waals surface area contributed by atoms with Crippen molar-refractivity contribution in [2.24, 2.45) is 0 Å². The highest BCUT2D eigenvalue weighted by molar-refractivity contribution is 7.92. The van der Waals surface area contributed by atoms with Crippen molar-refractivity contribution >= 4 is 27.3 Å². The molecule has 0 aliphatic heterocycles. The largest absolute Gasteiger partial charge is 0.495 e. The topological polar surface area (TPSA) is 84.5 Å². The Morgan fingerprint density at radius 2 is 1.67 bits per heavy atom. The number of hydrogen-bond donors (Lipinski definition) is 2. The number of hydrogen-bond acceptors (Lipinski definition) is 4. The molecule has 156 valence electrons. The Balaban J connectivity index is 1.88. The monoisotopic (exact) mass is 428 g/mol. The molecule has 1 amide bonds. The van der Waals surface area contributed by atoms with Crippen molar-refractivity contribution in [1.82, 2.24) is 0 Å². The number of aryl methyl sites for hydroxylation is 2. The van der Waals surface area contributed by atoms with Crippen LogP contribution in [-0.2, 0) is 10.0 Å². The lowest BCUT2D eigenvalue weighted by atomic mass is 10.1. The van der Waals surface area contributed by atoms with E-state index in [4.69, 9.17) is 4.74 Å². The van der Waals surface area contributed by atoms with Crippen LogP contribution in [0.25, 0.3) is 0 Å². The second kappa shape index (κ2) is 8.54. The molecule has 0 aromatic heterocycles. The highest BCUT2D eigenvalue weighted by Gasteiger charge is 2.18. The van der Waals surface area contributed by atoms with E-state index in [0.29, 0.717) is 11.3 Å². The third kappa shape index (κ3) is 4.77. The van der Waals surface area contributed by atoms with Gasteiger partial charge in [0.05, 0.1) is 17.7 Å². The van der Waals surface area contributed by atoms with Gasteiger partial charge in [-0.1, -0.05) is 17.7 Å².